The summed E-state index contributed by atoms with van der Waals surface area (Å²) in [6, 6.07) is 0. The third-order valence-corrected chi connectivity index (χ3v) is 3.17. The molecule has 16 heavy (non-hydrogen) atoms. The first-order valence-electron chi connectivity index (χ1n) is 5.84. The Bertz CT molecular complexity index is 398. The normalized spacial score (nSPS) is 24.0. The zero-order chi connectivity index (χ0) is 10.8. The molecule has 2 heterocycles. The van der Waals surface area contributed by atoms with Gasteiger partial charge in [-0.3, -0.25) is 0 Å². The van der Waals surface area contributed by atoms with E-state index in [0.29, 0.717) is 0 Å². The molecule has 2 aliphatic heterocycles. The van der Waals surface area contributed by atoms with Crippen molar-refractivity contribution in [1.82, 2.24) is 10.2 Å². The number of allylic oxidation sites excluding steroid dienone is 4. The summed E-state index contributed by atoms with van der Waals surface area (Å²) in [4.78, 5) is 2.43. The van der Waals surface area contributed by atoms with Crippen LogP contribution in [-0.4, -0.2) is 31.1 Å². The van der Waals surface area contributed by atoms with E-state index >= 15 is 0 Å². The zero-order valence-electron chi connectivity index (χ0n) is 9.28. The van der Waals surface area contributed by atoms with Crippen molar-refractivity contribution in [3.8, 4) is 0 Å². The summed E-state index contributed by atoms with van der Waals surface area (Å²) in [6.07, 6.45) is 11.2. The highest BCUT2D eigenvalue weighted by Crippen LogP contribution is 2.30. The van der Waals surface area contributed by atoms with E-state index < -0.39 is 0 Å². The Morgan fingerprint density at radius 1 is 1.25 bits per heavy atom. The van der Waals surface area contributed by atoms with Gasteiger partial charge >= 0.3 is 0 Å². The van der Waals surface area contributed by atoms with Gasteiger partial charge in [0.05, 0.1) is 12.0 Å². The van der Waals surface area contributed by atoms with Crippen molar-refractivity contribution in [2.45, 2.75) is 6.42 Å². The Morgan fingerprint density at radius 3 is 3.00 bits per heavy atom. The van der Waals surface area contributed by atoms with Gasteiger partial charge in [0.1, 0.15) is 0 Å². The molecule has 0 aromatic rings. The molecule has 1 N–H and O–H groups in total. The predicted octanol–water partition coefficient (Wildman–Crippen LogP) is 1.53. The minimum atomic E-state index is 0.987. The predicted molar refractivity (Wildman–Crippen MR) is 63.5 cm³/mol. The lowest BCUT2D eigenvalue weighted by atomic mass is 10.0. The number of fused-ring (bicyclic) bond motifs is 1. The molecule has 0 unspecified atom stereocenters. The second-order valence-corrected chi connectivity index (χ2v) is 4.19. The van der Waals surface area contributed by atoms with Crippen molar-refractivity contribution in [2.75, 3.05) is 26.2 Å². The molecule has 1 saturated heterocycles. The number of piperazine rings is 1. The maximum Gasteiger partial charge on any atom is 0.153 e. The van der Waals surface area contributed by atoms with Gasteiger partial charge in [-0.15, -0.1) is 0 Å². The zero-order valence-corrected chi connectivity index (χ0v) is 9.28. The molecule has 0 aromatic heterocycles. The Hall–Kier alpha value is -1.48. The van der Waals surface area contributed by atoms with E-state index in [4.69, 9.17) is 4.74 Å². The van der Waals surface area contributed by atoms with Crippen LogP contribution in [0, 0.1) is 0 Å². The van der Waals surface area contributed by atoms with Gasteiger partial charge in [-0.05, 0) is 12.2 Å². The first-order chi connectivity index (χ1) is 7.95. The van der Waals surface area contributed by atoms with Crippen LogP contribution >= 0.6 is 0 Å². The maximum absolute atomic E-state index is 5.67. The minimum Gasteiger partial charge on any atom is -0.463 e. The van der Waals surface area contributed by atoms with Crippen LogP contribution in [0.5, 0.6) is 0 Å². The average molecular weight is 216 g/mol. The van der Waals surface area contributed by atoms with Gasteiger partial charge in [0.25, 0.3) is 0 Å². The molecule has 3 heteroatoms. The number of nitrogens with zero attached hydrogens (tertiary/aromatic N) is 1. The summed E-state index contributed by atoms with van der Waals surface area (Å²) in [5.41, 5.74) is 2.53. The Kier molecular flexibility index (Phi) is 2.54. The molecule has 0 atom stereocenters. The second-order valence-electron chi connectivity index (χ2n) is 4.19. The monoisotopic (exact) mass is 216 g/mol. The Balaban J connectivity index is 1.90. The number of hydrogen-bond donors (Lipinski definition) is 1. The summed E-state index contributed by atoms with van der Waals surface area (Å²) in [7, 11) is 0. The summed E-state index contributed by atoms with van der Waals surface area (Å²) < 4.78 is 5.67. The molecule has 0 radical (unpaired) electrons. The number of ether oxygens (including phenoxy) is 1. The fourth-order valence-electron chi connectivity index (χ4n) is 2.36. The van der Waals surface area contributed by atoms with Crippen LogP contribution in [0.4, 0.5) is 0 Å². The van der Waals surface area contributed by atoms with Crippen LogP contribution in [0.15, 0.2) is 47.6 Å². The highest BCUT2D eigenvalue weighted by molar-refractivity contribution is 5.46. The van der Waals surface area contributed by atoms with Gasteiger partial charge in [0, 0.05) is 38.2 Å². The largest absolute Gasteiger partial charge is 0.463 e. The lowest BCUT2D eigenvalue weighted by Crippen LogP contribution is -2.43. The van der Waals surface area contributed by atoms with Gasteiger partial charge in [-0.25, -0.2) is 0 Å². The van der Waals surface area contributed by atoms with Gasteiger partial charge in [0.15, 0.2) is 5.76 Å². The van der Waals surface area contributed by atoms with E-state index in [-0.39, 0.29) is 0 Å². The molecule has 1 fully saturated rings. The number of hydrogen-bond acceptors (Lipinski definition) is 3. The van der Waals surface area contributed by atoms with Crippen LogP contribution in [0.3, 0.4) is 0 Å². The summed E-state index contributed by atoms with van der Waals surface area (Å²) >= 11 is 0. The van der Waals surface area contributed by atoms with Crippen LogP contribution in [0.1, 0.15) is 6.42 Å². The first kappa shape index (κ1) is 9.73. The molecule has 0 saturated carbocycles. The third-order valence-electron chi connectivity index (χ3n) is 3.17. The second kappa shape index (κ2) is 4.18. The molecule has 0 spiro atoms. The standard InChI is InChI=1S/C13H16N2O/c1-3-11-4-2-10-16-13(11)12(5-1)15-8-6-14-7-9-15/h1-4,10,14H,5-9H2. The molecule has 3 rings (SSSR count). The van der Waals surface area contributed by atoms with Gasteiger partial charge in [-0.1, -0.05) is 12.2 Å². The molecule has 3 aliphatic rings. The van der Waals surface area contributed by atoms with Gasteiger partial charge < -0.3 is 15.0 Å². The first-order valence-corrected chi connectivity index (χ1v) is 5.84. The SMILES string of the molecule is C1=COC2=C(N3CCNCC3)CC=CC2=C1. The van der Waals surface area contributed by atoms with Crippen molar-refractivity contribution in [2.24, 2.45) is 0 Å². The highest BCUT2D eigenvalue weighted by atomic mass is 16.5. The van der Waals surface area contributed by atoms with E-state index in [1.165, 1.54) is 11.3 Å². The maximum atomic E-state index is 5.67. The van der Waals surface area contributed by atoms with Crippen LogP contribution < -0.4 is 5.32 Å². The van der Waals surface area contributed by atoms with Crippen LogP contribution in [-0.2, 0) is 4.74 Å². The number of rotatable bonds is 1. The van der Waals surface area contributed by atoms with E-state index in [0.717, 1.165) is 38.4 Å². The van der Waals surface area contributed by atoms with Crippen LogP contribution in [0.25, 0.3) is 0 Å². The quantitative estimate of drug-likeness (QED) is 0.719. The lowest BCUT2D eigenvalue weighted by molar-refractivity contribution is 0.261. The van der Waals surface area contributed by atoms with Crippen molar-refractivity contribution in [3.05, 3.63) is 47.6 Å². The molecular weight excluding hydrogens is 200 g/mol. The lowest BCUT2D eigenvalue weighted by Gasteiger charge is -2.34. The van der Waals surface area contributed by atoms with Crippen molar-refractivity contribution >= 4 is 0 Å². The fraction of sp³-hybridized carbons (Fsp3) is 0.385. The summed E-state index contributed by atoms with van der Waals surface area (Å²) in [5, 5.41) is 3.37. The minimum absolute atomic E-state index is 0.987. The smallest absolute Gasteiger partial charge is 0.153 e. The van der Waals surface area contributed by atoms with Crippen molar-refractivity contribution in [1.29, 1.82) is 0 Å². The highest BCUT2D eigenvalue weighted by Gasteiger charge is 2.22. The van der Waals surface area contributed by atoms with E-state index in [1.807, 2.05) is 6.08 Å². The molecule has 0 bridgehead atoms. The Morgan fingerprint density at radius 2 is 2.12 bits per heavy atom. The van der Waals surface area contributed by atoms with E-state index in [9.17, 15) is 0 Å². The van der Waals surface area contributed by atoms with Crippen LogP contribution in [0.2, 0.25) is 0 Å². The van der Waals surface area contributed by atoms with Gasteiger partial charge in [0.2, 0.25) is 0 Å². The van der Waals surface area contributed by atoms with E-state index in [1.54, 1.807) is 6.26 Å². The summed E-state index contributed by atoms with van der Waals surface area (Å²) in [6.45, 7) is 4.28. The summed E-state index contributed by atoms with van der Waals surface area (Å²) in [5.74, 6) is 1.05. The van der Waals surface area contributed by atoms with Crippen molar-refractivity contribution in [3.63, 3.8) is 0 Å². The molecule has 3 nitrogen and oxygen atoms in total. The molecular formula is C13H16N2O. The molecule has 0 aromatic carbocycles. The molecule has 84 valence electrons. The van der Waals surface area contributed by atoms with Crippen molar-refractivity contribution < 1.29 is 4.74 Å². The molecule has 0 amide bonds. The van der Waals surface area contributed by atoms with Gasteiger partial charge in [-0.2, -0.15) is 0 Å². The Labute approximate surface area is 95.8 Å². The molecule has 1 aliphatic carbocycles. The number of nitrogens with one attached hydrogen (secondary N) is 1. The topological polar surface area (TPSA) is 24.5 Å². The third kappa shape index (κ3) is 1.67. The fourth-order valence-corrected chi connectivity index (χ4v) is 2.36. The van der Waals surface area contributed by atoms with E-state index in [2.05, 4.69) is 28.4 Å². The average Bonchev–Trinajstić information content (AvgIpc) is 2.39.